The number of carbonyl (C=O) groups is 2. The maximum atomic E-state index is 11.2. The first-order chi connectivity index (χ1) is 13.0. The molecule has 3 unspecified atom stereocenters. The lowest BCUT2D eigenvalue weighted by molar-refractivity contribution is -0.167. The van der Waals surface area contributed by atoms with Gasteiger partial charge < -0.3 is 9.84 Å². The molecule has 144 valence electrons. The van der Waals surface area contributed by atoms with Gasteiger partial charge in [-0.15, -0.1) is 0 Å². The van der Waals surface area contributed by atoms with Crippen molar-refractivity contribution in [3.63, 3.8) is 0 Å². The van der Waals surface area contributed by atoms with Gasteiger partial charge in [0.1, 0.15) is 18.6 Å². The Kier molecular flexibility index (Phi) is 4.94. The van der Waals surface area contributed by atoms with E-state index in [9.17, 15) is 9.59 Å². The molecule has 1 aromatic rings. The van der Waals surface area contributed by atoms with Gasteiger partial charge in [0, 0.05) is 31.1 Å². The van der Waals surface area contributed by atoms with Crippen molar-refractivity contribution in [1.82, 2.24) is 15.2 Å². The van der Waals surface area contributed by atoms with Crippen LogP contribution in [-0.2, 0) is 14.3 Å². The van der Waals surface area contributed by atoms with Crippen LogP contribution in [0.4, 0.5) is 5.69 Å². The molecule has 10 heteroatoms. The molecule has 0 amide bonds. The largest absolute Gasteiger partial charge is 0.473 e. The molecule has 3 heterocycles. The van der Waals surface area contributed by atoms with E-state index in [1.165, 1.54) is 10.6 Å². The van der Waals surface area contributed by atoms with Crippen LogP contribution in [0.15, 0.2) is 34.3 Å². The zero-order valence-electron chi connectivity index (χ0n) is 14.8. The second kappa shape index (κ2) is 7.37. The number of esters is 1. The predicted octanol–water partition coefficient (Wildman–Crippen LogP) is 0.389. The van der Waals surface area contributed by atoms with E-state index in [1.807, 2.05) is 18.5 Å². The van der Waals surface area contributed by atoms with Crippen molar-refractivity contribution < 1.29 is 19.4 Å². The van der Waals surface area contributed by atoms with Crippen LogP contribution in [0, 0.1) is 0 Å². The number of thioether (sulfide) groups is 1. The van der Waals surface area contributed by atoms with Gasteiger partial charge in [-0.1, -0.05) is 23.9 Å². The number of carboxylic acid groups (broad SMARTS) is 1. The monoisotopic (exact) mass is 391 g/mol. The van der Waals surface area contributed by atoms with E-state index in [2.05, 4.69) is 37.4 Å². The van der Waals surface area contributed by atoms with E-state index in [0.29, 0.717) is 13.1 Å². The minimum absolute atomic E-state index is 0.0224. The van der Waals surface area contributed by atoms with E-state index < -0.39 is 18.0 Å². The van der Waals surface area contributed by atoms with Crippen molar-refractivity contribution in [2.24, 2.45) is 5.10 Å². The van der Waals surface area contributed by atoms with Gasteiger partial charge in [-0.25, -0.2) is 14.6 Å². The SMILES string of the molecule is CC(CN1CCNC(N2N=CN3c4ccccc4SC32)C1)OC(=O)C(=O)O. The number of nitrogens with one attached hydrogen (secondary N) is 1. The summed E-state index contributed by atoms with van der Waals surface area (Å²) < 4.78 is 4.93. The van der Waals surface area contributed by atoms with Gasteiger partial charge in [-0.3, -0.25) is 15.1 Å². The van der Waals surface area contributed by atoms with Gasteiger partial charge in [0.25, 0.3) is 0 Å². The number of piperazine rings is 1. The fourth-order valence-electron chi connectivity index (χ4n) is 3.53. The Morgan fingerprint density at radius 2 is 2.26 bits per heavy atom. The zero-order chi connectivity index (χ0) is 19.0. The smallest absolute Gasteiger partial charge is 0.417 e. The van der Waals surface area contributed by atoms with Gasteiger partial charge in [-0.2, -0.15) is 5.10 Å². The van der Waals surface area contributed by atoms with Crippen LogP contribution in [0.5, 0.6) is 0 Å². The minimum atomic E-state index is -1.57. The summed E-state index contributed by atoms with van der Waals surface area (Å²) in [5, 5.41) is 18.8. The second-order valence-electron chi connectivity index (χ2n) is 6.68. The summed E-state index contributed by atoms with van der Waals surface area (Å²) in [5.74, 6) is -2.78. The van der Waals surface area contributed by atoms with E-state index >= 15 is 0 Å². The Labute approximate surface area is 160 Å². The third-order valence-corrected chi connectivity index (χ3v) is 5.96. The van der Waals surface area contributed by atoms with Crippen molar-refractivity contribution in [2.45, 2.75) is 29.6 Å². The summed E-state index contributed by atoms with van der Waals surface area (Å²) in [6, 6.07) is 8.27. The molecule has 0 radical (unpaired) electrons. The number of carboxylic acids is 1. The molecule has 0 aromatic heterocycles. The average Bonchev–Trinajstić information content (AvgIpc) is 3.20. The molecule has 3 aliphatic rings. The minimum Gasteiger partial charge on any atom is -0.473 e. The molecule has 0 bridgehead atoms. The molecule has 0 spiro atoms. The van der Waals surface area contributed by atoms with E-state index in [4.69, 9.17) is 9.84 Å². The highest BCUT2D eigenvalue weighted by molar-refractivity contribution is 8.00. The third-order valence-electron chi connectivity index (χ3n) is 4.71. The van der Waals surface area contributed by atoms with Crippen molar-refractivity contribution in [2.75, 3.05) is 31.1 Å². The number of fused-ring (bicyclic) bond motifs is 3. The maximum Gasteiger partial charge on any atom is 0.417 e. The van der Waals surface area contributed by atoms with Gasteiger partial charge in [0.05, 0.1) is 5.69 Å². The van der Waals surface area contributed by atoms with Crippen LogP contribution < -0.4 is 10.2 Å². The predicted molar refractivity (Wildman–Crippen MR) is 100 cm³/mol. The van der Waals surface area contributed by atoms with Gasteiger partial charge in [0.15, 0.2) is 5.50 Å². The number of rotatable bonds is 4. The number of carbonyl (C=O) groups excluding carboxylic acids is 1. The molecule has 27 heavy (non-hydrogen) atoms. The number of nitrogens with zero attached hydrogens (tertiary/aromatic N) is 4. The molecule has 4 rings (SSSR count). The number of ether oxygens (including phenoxy) is 1. The molecule has 9 nitrogen and oxygen atoms in total. The van der Waals surface area contributed by atoms with Gasteiger partial charge >= 0.3 is 11.9 Å². The second-order valence-corrected chi connectivity index (χ2v) is 7.78. The van der Waals surface area contributed by atoms with Crippen LogP contribution in [0.3, 0.4) is 0 Å². The zero-order valence-corrected chi connectivity index (χ0v) is 15.6. The quantitative estimate of drug-likeness (QED) is 0.558. The summed E-state index contributed by atoms with van der Waals surface area (Å²) >= 11 is 1.77. The van der Waals surface area contributed by atoms with E-state index in [0.717, 1.165) is 13.1 Å². The molecule has 0 saturated carbocycles. The number of aliphatic carboxylic acids is 1. The van der Waals surface area contributed by atoms with Crippen LogP contribution in [0.2, 0.25) is 0 Å². The molecular formula is C17H21N5O4S. The van der Waals surface area contributed by atoms with Crippen molar-refractivity contribution in [1.29, 1.82) is 0 Å². The molecule has 3 atom stereocenters. The number of benzene rings is 1. The number of hydrazone groups is 1. The first-order valence-corrected chi connectivity index (χ1v) is 9.67. The van der Waals surface area contributed by atoms with E-state index in [1.54, 1.807) is 18.7 Å². The topological polar surface area (TPSA) is 97.7 Å². The fourth-order valence-corrected chi connectivity index (χ4v) is 4.80. The standard InChI is InChI=1S/C17H21N5O4S/c1-11(26-16(25)15(23)24)8-20-7-6-18-14(9-20)22-17-21(10-19-22)12-4-2-3-5-13(12)27-17/h2-5,10-11,14,17-18H,6-9H2,1H3,(H,23,24). The van der Waals surface area contributed by atoms with Gasteiger partial charge in [0.2, 0.25) is 0 Å². The van der Waals surface area contributed by atoms with Crippen LogP contribution in [0.25, 0.3) is 0 Å². The van der Waals surface area contributed by atoms with Crippen LogP contribution in [0.1, 0.15) is 6.92 Å². The summed E-state index contributed by atoms with van der Waals surface area (Å²) in [7, 11) is 0. The Hall–Kier alpha value is -2.30. The highest BCUT2D eigenvalue weighted by Crippen LogP contribution is 2.46. The lowest BCUT2D eigenvalue weighted by Crippen LogP contribution is -2.59. The lowest BCUT2D eigenvalue weighted by atomic mass is 10.2. The van der Waals surface area contributed by atoms with Crippen molar-refractivity contribution in [3.05, 3.63) is 24.3 Å². The number of anilines is 1. The van der Waals surface area contributed by atoms with E-state index in [-0.39, 0.29) is 11.7 Å². The molecule has 1 saturated heterocycles. The first kappa shape index (κ1) is 18.1. The number of para-hydroxylation sites is 1. The van der Waals surface area contributed by atoms with Crippen molar-refractivity contribution >= 4 is 35.7 Å². The Morgan fingerprint density at radius 1 is 1.44 bits per heavy atom. The molecule has 3 aliphatic heterocycles. The average molecular weight is 391 g/mol. The highest BCUT2D eigenvalue weighted by Gasteiger charge is 2.41. The number of hydrogen-bond donors (Lipinski definition) is 2. The lowest BCUT2D eigenvalue weighted by Gasteiger charge is -2.40. The highest BCUT2D eigenvalue weighted by atomic mass is 32.2. The first-order valence-electron chi connectivity index (χ1n) is 8.79. The summed E-state index contributed by atoms with van der Waals surface area (Å²) in [6.07, 6.45) is 1.40. The Balaban J connectivity index is 1.36. The summed E-state index contributed by atoms with van der Waals surface area (Å²) in [4.78, 5) is 27.4. The van der Waals surface area contributed by atoms with Crippen LogP contribution >= 0.6 is 11.8 Å². The molecule has 1 aromatic carbocycles. The summed E-state index contributed by atoms with van der Waals surface area (Å²) in [5.41, 5.74) is 1.25. The molecule has 2 N–H and O–H groups in total. The van der Waals surface area contributed by atoms with Gasteiger partial charge in [-0.05, 0) is 19.1 Å². The molecular weight excluding hydrogens is 370 g/mol. The Bertz CT molecular complexity index is 775. The fraction of sp³-hybridized carbons (Fsp3) is 0.471. The Morgan fingerprint density at radius 3 is 3.07 bits per heavy atom. The number of hydrogen-bond acceptors (Lipinski definition) is 9. The maximum absolute atomic E-state index is 11.2. The van der Waals surface area contributed by atoms with Crippen molar-refractivity contribution in [3.8, 4) is 0 Å². The normalized spacial score (nSPS) is 25.2. The molecule has 0 aliphatic carbocycles. The van der Waals surface area contributed by atoms with Crippen LogP contribution in [-0.4, -0.2) is 77.2 Å². The third kappa shape index (κ3) is 3.60. The summed E-state index contributed by atoms with van der Waals surface area (Å²) in [6.45, 7) is 4.46. The molecule has 1 fully saturated rings.